The van der Waals surface area contributed by atoms with Crippen LogP contribution in [0.15, 0.2) is 54.6 Å². The van der Waals surface area contributed by atoms with Gasteiger partial charge in [0, 0.05) is 11.1 Å². The Morgan fingerprint density at radius 1 is 1.00 bits per heavy atom. The molecule has 0 saturated carbocycles. The average molecular weight is 254 g/mol. The zero-order chi connectivity index (χ0) is 13.2. The second-order valence-electron chi connectivity index (χ2n) is 4.55. The molecule has 96 valence electrons. The molecule has 1 saturated heterocycles. The number of benzene rings is 2. The van der Waals surface area contributed by atoms with Crippen LogP contribution in [0.4, 0.5) is 0 Å². The van der Waals surface area contributed by atoms with Crippen molar-refractivity contribution in [3.8, 4) is 5.75 Å². The summed E-state index contributed by atoms with van der Waals surface area (Å²) in [7, 11) is 0. The number of epoxide rings is 1. The largest absolute Gasteiger partial charge is 0.462 e. The minimum Gasteiger partial charge on any atom is -0.462 e. The lowest BCUT2D eigenvalue weighted by Crippen LogP contribution is -2.03. The van der Waals surface area contributed by atoms with E-state index in [2.05, 4.69) is 0 Å². The zero-order valence-electron chi connectivity index (χ0n) is 10.6. The molecule has 3 rings (SSSR count). The number of carbonyl (C=O) groups excluding carboxylic acids is 1. The summed E-state index contributed by atoms with van der Waals surface area (Å²) in [4.78, 5) is 12.2. The molecule has 3 nitrogen and oxygen atoms in total. The molecule has 2 unspecified atom stereocenters. The summed E-state index contributed by atoms with van der Waals surface area (Å²) in [5, 5.41) is 0. The van der Waals surface area contributed by atoms with Gasteiger partial charge >= 0.3 is 0 Å². The van der Waals surface area contributed by atoms with Crippen LogP contribution in [-0.2, 0) is 4.74 Å². The summed E-state index contributed by atoms with van der Waals surface area (Å²) >= 11 is 0. The van der Waals surface area contributed by atoms with Gasteiger partial charge in [-0.05, 0) is 31.2 Å². The quantitative estimate of drug-likeness (QED) is 0.621. The van der Waals surface area contributed by atoms with Crippen LogP contribution in [-0.4, -0.2) is 18.2 Å². The topological polar surface area (TPSA) is 38.8 Å². The first-order chi connectivity index (χ1) is 9.24. The molecule has 2 atom stereocenters. The number of ketones is 1. The standard InChI is InChI=1S/C16H14O3/c1-11-16(18-11)19-14-9-7-13(8-10-14)15(17)12-5-3-2-4-6-12/h2-11,16H,1H3. The van der Waals surface area contributed by atoms with E-state index in [-0.39, 0.29) is 18.2 Å². The molecular formula is C16H14O3. The second-order valence-corrected chi connectivity index (χ2v) is 4.55. The van der Waals surface area contributed by atoms with Gasteiger partial charge in [0.15, 0.2) is 5.78 Å². The predicted octanol–water partition coefficient (Wildman–Crippen LogP) is 3.04. The van der Waals surface area contributed by atoms with Crippen LogP contribution < -0.4 is 4.74 Å². The van der Waals surface area contributed by atoms with Gasteiger partial charge < -0.3 is 9.47 Å². The summed E-state index contributed by atoms with van der Waals surface area (Å²) in [6, 6.07) is 16.4. The van der Waals surface area contributed by atoms with Crippen LogP contribution in [0.1, 0.15) is 22.8 Å². The molecule has 0 bridgehead atoms. The van der Waals surface area contributed by atoms with Crippen molar-refractivity contribution in [1.82, 2.24) is 0 Å². The highest BCUT2D eigenvalue weighted by atomic mass is 16.8. The van der Waals surface area contributed by atoms with E-state index in [9.17, 15) is 4.79 Å². The van der Waals surface area contributed by atoms with E-state index < -0.39 is 0 Å². The van der Waals surface area contributed by atoms with E-state index in [0.717, 1.165) is 5.75 Å². The van der Waals surface area contributed by atoms with E-state index in [1.165, 1.54) is 0 Å². The lowest BCUT2D eigenvalue weighted by Gasteiger charge is -2.04. The maximum Gasteiger partial charge on any atom is 0.226 e. The van der Waals surface area contributed by atoms with Crippen molar-refractivity contribution in [2.45, 2.75) is 19.3 Å². The Labute approximate surface area is 111 Å². The third-order valence-electron chi connectivity index (χ3n) is 3.06. The Kier molecular flexibility index (Phi) is 3.05. The summed E-state index contributed by atoms with van der Waals surface area (Å²) in [5.41, 5.74) is 1.35. The van der Waals surface area contributed by atoms with Gasteiger partial charge in [-0.3, -0.25) is 4.79 Å². The monoisotopic (exact) mass is 254 g/mol. The molecule has 2 aromatic rings. The van der Waals surface area contributed by atoms with Crippen molar-refractivity contribution in [2.24, 2.45) is 0 Å². The van der Waals surface area contributed by atoms with Gasteiger partial charge in [-0.2, -0.15) is 0 Å². The predicted molar refractivity (Wildman–Crippen MR) is 71.3 cm³/mol. The molecule has 0 radical (unpaired) electrons. The highest BCUT2D eigenvalue weighted by molar-refractivity contribution is 6.08. The summed E-state index contributed by atoms with van der Waals surface area (Å²) in [5.74, 6) is 0.738. The molecule has 0 aliphatic carbocycles. The van der Waals surface area contributed by atoms with E-state index in [0.29, 0.717) is 11.1 Å². The van der Waals surface area contributed by atoms with Crippen LogP contribution in [0, 0.1) is 0 Å². The number of ether oxygens (including phenoxy) is 2. The third-order valence-corrected chi connectivity index (χ3v) is 3.06. The Balaban J connectivity index is 1.73. The summed E-state index contributed by atoms with van der Waals surface area (Å²) in [6.07, 6.45) is 0.0151. The normalized spacial score (nSPS) is 20.9. The minimum absolute atomic E-state index is 0.0168. The molecule has 2 aromatic carbocycles. The van der Waals surface area contributed by atoms with Gasteiger partial charge in [-0.15, -0.1) is 0 Å². The molecule has 1 aliphatic rings. The van der Waals surface area contributed by atoms with Crippen LogP contribution in [0.25, 0.3) is 0 Å². The number of rotatable bonds is 4. The van der Waals surface area contributed by atoms with Crippen molar-refractivity contribution in [1.29, 1.82) is 0 Å². The smallest absolute Gasteiger partial charge is 0.226 e. The molecule has 0 spiro atoms. The first kappa shape index (κ1) is 11.9. The van der Waals surface area contributed by atoms with Crippen LogP contribution in [0.3, 0.4) is 0 Å². The lowest BCUT2D eigenvalue weighted by molar-refractivity contribution is 0.103. The Bertz CT molecular complexity index is 575. The zero-order valence-corrected chi connectivity index (χ0v) is 10.6. The van der Waals surface area contributed by atoms with E-state index >= 15 is 0 Å². The molecule has 3 heteroatoms. The maximum absolute atomic E-state index is 12.2. The molecule has 0 aromatic heterocycles. The van der Waals surface area contributed by atoms with Gasteiger partial charge in [0.1, 0.15) is 11.9 Å². The van der Waals surface area contributed by atoms with Gasteiger partial charge in [-0.25, -0.2) is 0 Å². The summed E-state index contributed by atoms with van der Waals surface area (Å²) in [6.45, 7) is 1.96. The van der Waals surface area contributed by atoms with Crippen molar-refractivity contribution < 1.29 is 14.3 Å². The highest BCUT2D eigenvalue weighted by Gasteiger charge is 2.36. The first-order valence-corrected chi connectivity index (χ1v) is 6.26. The van der Waals surface area contributed by atoms with Crippen LogP contribution in [0.2, 0.25) is 0 Å². The van der Waals surface area contributed by atoms with E-state index in [1.807, 2.05) is 37.3 Å². The molecule has 0 amide bonds. The fourth-order valence-corrected chi connectivity index (χ4v) is 1.86. The molecular weight excluding hydrogens is 240 g/mol. The van der Waals surface area contributed by atoms with Crippen molar-refractivity contribution >= 4 is 5.78 Å². The maximum atomic E-state index is 12.2. The fourth-order valence-electron chi connectivity index (χ4n) is 1.86. The fraction of sp³-hybridized carbons (Fsp3) is 0.188. The number of hydrogen-bond donors (Lipinski definition) is 0. The van der Waals surface area contributed by atoms with Gasteiger partial charge in [0.25, 0.3) is 0 Å². The van der Waals surface area contributed by atoms with Gasteiger partial charge in [-0.1, -0.05) is 30.3 Å². The first-order valence-electron chi connectivity index (χ1n) is 6.26. The Hall–Kier alpha value is -2.13. The average Bonchev–Trinajstić information content (AvgIpc) is 3.15. The Morgan fingerprint density at radius 2 is 1.58 bits per heavy atom. The van der Waals surface area contributed by atoms with E-state index in [4.69, 9.17) is 9.47 Å². The number of hydrogen-bond acceptors (Lipinski definition) is 3. The van der Waals surface area contributed by atoms with Gasteiger partial charge in [0.05, 0.1) is 0 Å². The van der Waals surface area contributed by atoms with E-state index in [1.54, 1.807) is 24.3 Å². The molecule has 1 fully saturated rings. The van der Waals surface area contributed by atoms with Crippen LogP contribution >= 0.6 is 0 Å². The van der Waals surface area contributed by atoms with Crippen LogP contribution in [0.5, 0.6) is 5.75 Å². The molecule has 0 N–H and O–H groups in total. The number of carbonyl (C=O) groups is 1. The Morgan fingerprint density at radius 3 is 2.16 bits per heavy atom. The second kappa shape index (κ2) is 4.86. The third kappa shape index (κ3) is 2.66. The minimum atomic E-state index is -0.143. The van der Waals surface area contributed by atoms with Gasteiger partial charge in [0.2, 0.25) is 6.29 Å². The summed E-state index contributed by atoms with van der Waals surface area (Å²) < 4.78 is 10.7. The molecule has 19 heavy (non-hydrogen) atoms. The molecule has 1 heterocycles. The van der Waals surface area contributed by atoms with Crippen molar-refractivity contribution in [3.05, 3.63) is 65.7 Å². The molecule has 1 aliphatic heterocycles. The lowest BCUT2D eigenvalue weighted by atomic mass is 10.0. The highest BCUT2D eigenvalue weighted by Crippen LogP contribution is 2.25. The van der Waals surface area contributed by atoms with Crippen molar-refractivity contribution in [3.63, 3.8) is 0 Å². The van der Waals surface area contributed by atoms with Crippen molar-refractivity contribution in [2.75, 3.05) is 0 Å². The SMILES string of the molecule is CC1OC1Oc1ccc(C(=O)c2ccccc2)cc1.